The summed E-state index contributed by atoms with van der Waals surface area (Å²) >= 11 is 6.44. The number of carboxylic acids is 1. The number of aliphatic carboxylic acids is 1. The summed E-state index contributed by atoms with van der Waals surface area (Å²) in [5.74, 6) is -1.11. The van der Waals surface area contributed by atoms with Gasteiger partial charge in [0.2, 0.25) is 0 Å². The van der Waals surface area contributed by atoms with Crippen LogP contribution in [-0.4, -0.2) is 11.1 Å². The van der Waals surface area contributed by atoms with Crippen molar-refractivity contribution in [1.29, 1.82) is 0 Å². The molecule has 0 bridgehead atoms. The van der Waals surface area contributed by atoms with Crippen molar-refractivity contribution in [2.75, 3.05) is 5.73 Å². The Bertz CT molecular complexity index is 382. The first-order valence-electron chi connectivity index (χ1n) is 3.66. The lowest BCUT2D eigenvalue weighted by Gasteiger charge is -2.11. The van der Waals surface area contributed by atoms with Crippen molar-refractivity contribution in [1.82, 2.24) is 0 Å². The van der Waals surface area contributed by atoms with Gasteiger partial charge in [-0.1, -0.05) is 15.9 Å². The second-order valence-corrected chi connectivity index (χ2v) is 4.48. The second kappa shape index (κ2) is 4.29. The molecule has 0 spiro atoms. The van der Waals surface area contributed by atoms with E-state index in [0.29, 0.717) is 15.7 Å². The molecule has 14 heavy (non-hydrogen) atoms. The van der Waals surface area contributed by atoms with Crippen LogP contribution in [0.5, 0.6) is 0 Å². The van der Waals surface area contributed by atoms with Crippen LogP contribution >= 0.6 is 31.9 Å². The minimum Gasteiger partial charge on any atom is -0.480 e. The van der Waals surface area contributed by atoms with Gasteiger partial charge < -0.3 is 16.6 Å². The average molecular weight is 324 g/mol. The van der Waals surface area contributed by atoms with E-state index in [0.717, 1.165) is 4.47 Å². The van der Waals surface area contributed by atoms with E-state index in [4.69, 9.17) is 16.6 Å². The molecule has 76 valence electrons. The Balaban J connectivity index is 3.26. The maximum atomic E-state index is 10.7. The van der Waals surface area contributed by atoms with Gasteiger partial charge in [0, 0.05) is 14.5 Å². The first-order chi connectivity index (χ1) is 6.43. The van der Waals surface area contributed by atoms with Crippen molar-refractivity contribution in [2.45, 2.75) is 6.04 Å². The average Bonchev–Trinajstić information content (AvgIpc) is 2.09. The molecule has 1 unspecified atom stereocenters. The molecule has 0 saturated heterocycles. The Morgan fingerprint density at radius 2 is 2.00 bits per heavy atom. The standard InChI is InChI=1S/C8H8Br2N2O2/c9-3-1-4(7(12)8(13)14)6(11)5(10)2-3/h1-2,7H,11-12H2,(H,13,14). The molecule has 0 aromatic heterocycles. The molecule has 0 aliphatic rings. The molecule has 0 radical (unpaired) electrons. The van der Waals surface area contributed by atoms with E-state index in [2.05, 4.69) is 31.9 Å². The molecule has 0 aliphatic heterocycles. The molecule has 1 atom stereocenters. The maximum Gasteiger partial charge on any atom is 0.325 e. The van der Waals surface area contributed by atoms with Crippen LogP contribution in [0.3, 0.4) is 0 Å². The van der Waals surface area contributed by atoms with Gasteiger partial charge in [0.1, 0.15) is 6.04 Å². The van der Waals surface area contributed by atoms with E-state index in [9.17, 15) is 4.79 Å². The Morgan fingerprint density at radius 1 is 1.43 bits per heavy atom. The van der Waals surface area contributed by atoms with Gasteiger partial charge in [0.25, 0.3) is 0 Å². The van der Waals surface area contributed by atoms with E-state index in [1.54, 1.807) is 12.1 Å². The van der Waals surface area contributed by atoms with Gasteiger partial charge in [-0.15, -0.1) is 0 Å². The fourth-order valence-corrected chi connectivity index (χ4v) is 2.25. The van der Waals surface area contributed by atoms with E-state index >= 15 is 0 Å². The normalized spacial score (nSPS) is 12.5. The molecule has 1 aromatic carbocycles. The minimum absolute atomic E-state index is 0.350. The molecule has 0 saturated carbocycles. The third-order valence-electron chi connectivity index (χ3n) is 1.73. The highest BCUT2D eigenvalue weighted by Gasteiger charge is 2.18. The molecule has 0 fully saturated rings. The molecule has 0 heterocycles. The van der Waals surface area contributed by atoms with Gasteiger partial charge in [-0.3, -0.25) is 4.79 Å². The van der Waals surface area contributed by atoms with Crippen molar-refractivity contribution in [3.05, 3.63) is 26.6 Å². The third kappa shape index (κ3) is 2.26. The molecule has 0 aliphatic carbocycles. The first kappa shape index (κ1) is 11.5. The van der Waals surface area contributed by atoms with Crippen molar-refractivity contribution in [3.63, 3.8) is 0 Å². The molecular formula is C8H8Br2N2O2. The van der Waals surface area contributed by atoms with E-state index in [-0.39, 0.29) is 0 Å². The second-order valence-electron chi connectivity index (χ2n) is 2.71. The van der Waals surface area contributed by atoms with Crippen molar-refractivity contribution >= 4 is 43.5 Å². The monoisotopic (exact) mass is 322 g/mol. The minimum atomic E-state index is -1.11. The molecule has 1 rings (SSSR count). The Labute approximate surface area is 97.5 Å². The number of halogens is 2. The molecule has 4 nitrogen and oxygen atoms in total. The SMILES string of the molecule is Nc1c(Br)cc(Br)cc1C(N)C(=O)O. The number of rotatable bonds is 2. The lowest BCUT2D eigenvalue weighted by molar-refractivity contribution is -0.138. The van der Waals surface area contributed by atoms with Crippen molar-refractivity contribution in [2.24, 2.45) is 5.73 Å². The number of carbonyl (C=O) groups is 1. The Hall–Kier alpha value is -0.590. The quantitative estimate of drug-likeness (QED) is 0.725. The van der Waals surface area contributed by atoms with Crippen LogP contribution in [0.25, 0.3) is 0 Å². The van der Waals surface area contributed by atoms with Crippen LogP contribution in [0, 0.1) is 0 Å². The summed E-state index contributed by atoms with van der Waals surface area (Å²) < 4.78 is 1.35. The van der Waals surface area contributed by atoms with E-state index in [1.807, 2.05) is 0 Å². The van der Waals surface area contributed by atoms with Crippen LogP contribution in [0.2, 0.25) is 0 Å². The highest BCUT2D eigenvalue weighted by molar-refractivity contribution is 9.11. The number of nitrogens with two attached hydrogens (primary N) is 2. The Morgan fingerprint density at radius 3 is 2.50 bits per heavy atom. The molecule has 5 N–H and O–H groups in total. The predicted octanol–water partition coefficient (Wildman–Crippen LogP) is 1.88. The molecule has 6 heteroatoms. The third-order valence-corrected chi connectivity index (χ3v) is 2.84. The van der Waals surface area contributed by atoms with Crippen LogP contribution < -0.4 is 11.5 Å². The Kier molecular flexibility index (Phi) is 3.52. The fraction of sp³-hybridized carbons (Fsp3) is 0.125. The summed E-state index contributed by atoms with van der Waals surface area (Å²) in [5.41, 5.74) is 11.9. The zero-order chi connectivity index (χ0) is 10.9. The number of hydrogen-bond donors (Lipinski definition) is 3. The van der Waals surface area contributed by atoms with Gasteiger partial charge >= 0.3 is 5.97 Å². The van der Waals surface area contributed by atoms with E-state index in [1.165, 1.54) is 0 Å². The van der Waals surface area contributed by atoms with Crippen LogP contribution in [-0.2, 0) is 4.79 Å². The number of hydrogen-bond acceptors (Lipinski definition) is 3. The van der Waals surface area contributed by atoms with Crippen LogP contribution in [0.4, 0.5) is 5.69 Å². The summed E-state index contributed by atoms with van der Waals surface area (Å²) in [6.45, 7) is 0. The van der Waals surface area contributed by atoms with Gasteiger partial charge in [-0.2, -0.15) is 0 Å². The van der Waals surface area contributed by atoms with Gasteiger partial charge in [0.15, 0.2) is 0 Å². The number of anilines is 1. The number of nitrogen functional groups attached to an aromatic ring is 1. The number of benzene rings is 1. The van der Waals surface area contributed by atoms with Crippen molar-refractivity contribution < 1.29 is 9.90 Å². The molecule has 0 amide bonds. The molecule has 1 aromatic rings. The maximum absolute atomic E-state index is 10.7. The summed E-state index contributed by atoms with van der Waals surface area (Å²) in [6.07, 6.45) is 0. The zero-order valence-corrected chi connectivity index (χ0v) is 10.2. The lowest BCUT2D eigenvalue weighted by atomic mass is 10.1. The summed E-state index contributed by atoms with van der Waals surface area (Å²) in [4.78, 5) is 10.7. The van der Waals surface area contributed by atoms with Crippen LogP contribution in [0.1, 0.15) is 11.6 Å². The first-order valence-corrected chi connectivity index (χ1v) is 5.25. The summed E-state index contributed by atoms with van der Waals surface area (Å²) in [6, 6.07) is 2.22. The number of carboxylic acid groups (broad SMARTS) is 1. The highest BCUT2D eigenvalue weighted by atomic mass is 79.9. The summed E-state index contributed by atoms with van der Waals surface area (Å²) in [5, 5.41) is 8.73. The fourth-order valence-electron chi connectivity index (χ4n) is 0.995. The molecular weight excluding hydrogens is 316 g/mol. The summed E-state index contributed by atoms with van der Waals surface area (Å²) in [7, 11) is 0. The predicted molar refractivity (Wildman–Crippen MR) is 60.8 cm³/mol. The van der Waals surface area contributed by atoms with Gasteiger partial charge in [-0.25, -0.2) is 0 Å². The smallest absolute Gasteiger partial charge is 0.325 e. The van der Waals surface area contributed by atoms with Crippen LogP contribution in [0.15, 0.2) is 21.1 Å². The highest BCUT2D eigenvalue weighted by Crippen LogP contribution is 2.31. The van der Waals surface area contributed by atoms with Crippen molar-refractivity contribution in [3.8, 4) is 0 Å². The largest absolute Gasteiger partial charge is 0.480 e. The lowest BCUT2D eigenvalue weighted by Crippen LogP contribution is -2.22. The topological polar surface area (TPSA) is 89.3 Å². The van der Waals surface area contributed by atoms with Gasteiger partial charge in [-0.05, 0) is 28.1 Å². The van der Waals surface area contributed by atoms with E-state index < -0.39 is 12.0 Å². The van der Waals surface area contributed by atoms with Gasteiger partial charge in [0.05, 0.1) is 5.69 Å². The zero-order valence-electron chi connectivity index (χ0n) is 7.00.